The van der Waals surface area contributed by atoms with Crippen LogP contribution in [0.15, 0.2) is 24.3 Å². The number of hydrogen-bond acceptors (Lipinski definition) is 8. The number of benzene rings is 1. The van der Waals surface area contributed by atoms with E-state index in [0.29, 0.717) is 31.3 Å². The van der Waals surface area contributed by atoms with Crippen LogP contribution < -0.4 is 10.0 Å². The summed E-state index contributed by atoms with van der Waals surface area (Å²) in [6.07, 6.45) is 3.14. The maximum Gasteiger partial charge on any atom is 0.481 e. The molecule has 1 aromatic rings. The third-order valence-electron chi connectivity index (χ3n) is 11.9. The molecule has 12 nitrogen and oxygen atoms in total. The number of ether oxygens (including phenoxy) is 1. The van der Waals surface area contributed by atoms with Gasteiger partial charge in [0.15, 0.2) is 0 Å². The molecule has 3 aliphatic carbocycles. The summed E-state index contributed by atoms with van der Waals surface area (Å²) in [5.41, 5.74) is 1.01. The molecule has 8 atom stereocenters. The van der Waals surface area contributed by atoms with Crippen LogP contribution in [0.2, 0.25) is 0 Å². The number of likely N-dealkylation sites (tertiary alicyclic amines) is 1. The van der Waals surface area contributed by atoms with E-state index in [1.54, 1.807) is 25.7 Å². The Labute approximate surface area is 291 Å². The van der Waals surface area contributed by atoms with Crippen molar-refractivity contribution in [3.8, 4) is 0 Å². The molecule has 3 heterocycles. The Bertz CT molecular complexity index is 1560. The SMILES string of the molecule is CCC[C@H](NC(=O)[C@@H]1C[C@@H](OC(=O)N2Cc3ccccc3C2)CN1C(=O)[C@@H](NS(C)(=O)=O)C(C)(C)C)B1O[C@@H]2C[C@H]3C[C@H](C3(C)C)[C@]2(C)O1. The minimum absolute atomic E-state index is 0.0470. The van der Waals surface area contributed by atoms with Gasteiger partial charge in [0.1, 0.15) is 18.2 Å². The van der Waals surface area contributed by atoms with Gasteiger partial charge in [-0.3, -0.25) is 14.5 Å². The molecule has 6 aliphatic rings. The topological polar surface area (TPSA) is 144 Å². The van der Waals surface area contributed by atoms with E-state index in [2.05, 4.69) is 30.8 Å². The highest BCUT2D eigenvalue weighted by atomic mass is 32.2. The van der Waals surface area contributed by atoms with E-state index in [0.717, 1.165) is 36.6 Å². The zero-order valence-corrected chi connectivity index (χ0v) is 31.0. The summed E-state index contributed by atoms with van der Waals surface area (Å²) in [5.74, 6) is -0.477. The summed E-state index contributed by atoms with van der Waals surface area (Å²) in [7, 11) is -4.41. The van der Waals surface area contributed by atoms with Gasteiger partial charge >= 0.3 is 13.2 Å². The standard InChI is InChI=1S/C35H53BN4O8S/c1-9-12-28(36-47-27-16-23-15-26(34(23,5)6)35(27,7)48-36)37-30(41)25-17-24(46-32(43)39-18-21-13-10-11-14-22(21)19-39)20-40(25)31(42)29(33(2,3)4)38-49(8,44)45/h10-11,13-14,23-29,38H,9,12,15-20H2,1-8H3,(H,37,41)/t23-,24-,25+,26-,27-,28+,29-,35+/m1/s1. The predicted molar refractivity (Wildman–Crippen MR) is 184 cm³/mol. The second kappa shape index (κ2) is 12.8. The van der Waals surface area contributed by atoms with Crippen molar-refractivity contribution in [1.82, 2.24) is 19.8 Å². The molecule has 5 fully saturated rings. The summed E-state index contributed by atoms with van der Waals surface area (Å²) in [4.78, 5) is 44.8. The summed E-state index contributed by atoms with van der Waals surface area (Å²) < 4.78 is 46.4. The van der Waals surface area contributed by atoms with E-state index >= 15 is 0 Å². The minimum Gasteiger partial charge on any atom is -0.444 e. The molecule has 14 heteroatoms. The molecule has 0 radical (unpaired) electrons. The Morgan fingerprint density at radius 3 is 2.31 bits per heavy atom. The third kappa shape index (κ3) is 6.86. The first-order valence-electron chi connectivity index (χ1n) is 17.8. The van der Waals surface area contributed by atoms with Crippen molar-refractivity contribution in [2.75, 3.05) is 12.8 Å². The lowest BCUT2D eigenvalue weighted by atomic mass is 9.43. The number of amides is 3. The van der Waals surface area contributed by atoms with E-state index in [9.17, 15) is 22.8 Å². The Hall–Kier alpha value is -2.68. The van der Waals surface area contributed by atoms with Gasteiger partial charge in [0, 0.05) is 19.5 Å². The molecule has 3 aliphatic heterocycles. The molecule has 49 heavy (non-hydrogen) atoms. The van der Waals surface area contributed by atoms with Crippen molar-refractivity contribution < 1.29 is 36.8 Å². The molecule has 2 N–H and O–H groups in total. The highest BCUT2D eigenvalue weighted by molar-refractivity contribution is 7.88. The Morgan fingerprint density at radius 2 is 1.73 bits per heavy atom. The molecule has 2 bridgehead atoms. The molecular formula is C35H53BN4O8S. The fourth-order valence-corrected chi connectivity index (χ4v) is 9.85. The van der Waals surface area contributed by atoms with Gasteiger partial charge in [-0.1, -0.05) is 72.2 Å². The lowest BCUT2D eigenvalue weighted by molar-refractivity contribution is -0.199. The number of carbonyl (C=O) groups excluding carboxylic acids is 3. The monoisotopic (exact) mass is 700 g/mol. The fourth-order valence-electron chi connectivity index (χ4n) is 8.97. The summed E-state index contributed by atoms with van der Waals surface area (Å²) in [6.45, 7) is 14.8. The van der Waals surface area contributed by atoms with Gasteiger partial charge in [-0.2, -0.15) is 0 Å². The largest absolute Gasteiger partial charge is 0.481 e. The van der Waals surface area contributed by atoms with Crippen molar-refractivity contribution in [2.45, 2.75) is 129 Å². The molecular weight excluding hydrogens is 647 g/mol. The zero-order valence-electron chi connectivity index (χ0n) is 30.2. The van der Waals surface area contributed by atoms with Gasteiger partial charge in [0.25, 0.3) is 0 Å². The highest BCUT2D eigenvalue weighted by Crippen LogP contribution is 2.65. The lowest BCUT2D eigenvalue weighted by Gasteiger charge is -2.64. The molecule has 7 rings (SSSR count). The summed E-state index contributed by atoms with van der Waals surface area (Å²) in [6, 6.07) is 5.66. The van der Waals surface area contributed by atoms with Gasteiger partial charge in [-0.25, -0.2) is 17.9 Å². The van der Waals surface area contributed by atoms with Crippen LogP contribution >= 0.6 is 0 Å². The molecule has 2 saturated heterocycles. The first-order chi connectivity index (χ1) is 22.8. The second-order valence-corrected chi connectivity index (χ2v) is 18.6. The van der Waals surface area contributed by atoms with Gasteiger partial charge in [-0.15, -0.1) is 0 Å². The molecule has 3 saturated carbocycles. The molecule has 1 aromatic carbocycles. The Kier molecular flexibility index (Phi) is 9.46. The molecule has 0 aromatic heterocycles. The molecule has 270 valence electrons. The van der Waals surface area contributed by atoms with E-state index in [-0.39, 0.29) is 24.5 Å². The molecule has 0 spiro atoms. The average molecular weight is 701 g/mol. The van der Waals surface area contributed by atoms with Crippen LogP contribution in [-0.4, -0.2) is 91.9 Å². The Balaban J connectivity index is 1.21. The first-order valence-corrected chi connectivity index (χ1v) is 19.6. The quantitative estimate of drug-likeness (QED) is 0.372. The number of carbonyl (C=O) groups is 3. The minimum atomic E-state index is -3.78. The van der Waals surface area contributed by atoms with Gasteiger partial charge in [0.05, 0.1) is 30.4 Å². The number of rotatable bonds is 9. The van der Waals surface area contributed by atoms with Crippen molar-refractivity contribution in [3.05, 3.63) is 35.4 Å². The maximum atomic E-state index is 14.3. The third-order valence-corrected chi connectivity index (χ3v) is 12.5. The number of nitrogens with one attached hydrogen (secondary N) is 2. The number of nitrogens with zero attached hydrogens (tertiary/aromatic N) is 2. The zero-order chi connectivity index (χ0) is 35.7. The smallest absolute Gasteiger partial charge is 0.444 e. The van der Waals surface area contributed by atoms with Gasteiger partial charge in [-0.05, 0) is 60.0 Å². The van der Waals surface area contributed by atoms with Crippen molar-refractivity contribution >= 4 is 35.0 Å². The normalized spacial score (nSPS) is 31.4. The average Bonchev–Trinajstić information content (AvgIpc) is 3.72. The van der Waals surface area contributed by atoms with E-state index < -0.39 is 70.2 Å². The van der Waals surface area contributed by atoms with Crippen molar-refractivity contribution in [1.29, 1.82) is 0 Å². The molecule has 0 unspecified atom stereocenters. The number of hydrogen-bond donors (Lipinski definition) is 2. The summed E-state index contributed by atoms with van der Waals surface area (Å²) >= 11 is 0. The predicted octanol–water partition coefficient (Wildman–Crippen LogP) is 3.62. The van der Waals surface area contributed by atoms with Crippen LogP contribution in [0, 0.1) is 22.7 Å². The van der Waals surface area contributed by atoms with Crippen LogP contribution in [0.3, 0.4) is 0 Å². The van der Waals surface area contributed by atoms with E-state index in [4.69, 9.17) is 14.0 Å². The highest BCUT2D eigenvalue weighted by Gasteiger charge is 2.68. The summed E-state index contributed by atoms with van der Waals surface area (Å²) in [5, 5.41) is 3.16. The van der Waals surface area contributed by atoms with Crippen LogP contribution in [0.25, 0.3) is 0 Å². The second-order valence-electron chi connectivity index (χ2n) is 16.8. The first kappa shape index (κ1) is 36.1. The van der Waals surface area contributed by atoms with Crippen LogP contribution in [0.1, 0.15) is 91.7 Å². The van der Waals surface area contributed by atoms with Crippen LogP contribution in [0.5, 0.6) is 0 Å². The fraction of sp³-hybridized carbons (Fsp3) is 0.743. The van der Waals surface area contributed by atoms with E-state index in [1.165, 1.54) is 4.90 Å². The van der Waals surface area contributed by atoms with Crippen LogP contribution in [0.4, 0.5) is 4.79 Å². The number of sulfonamides is 1. The van der Waals surface area contributed by atoms with Gasteiger partial charge < -0.3 is 24.3 Å². The molecule has 3 amide bonds. The number of fused-ring (bicyclic) bond motifs is 1. The Morgan fingerprint density at radius 1 is 1.08 bits per heavy atom. The van der Waals surface area contributed by atoms with E-state index in [1.807, 2.05) is 31.2 Å². The van der Waals surface area contributed by atoms with Gasteiger partial charge in [0.2, 0.25) is 21.8 Å². The van der Waals surface area contributed by atoms with Crippen LogP contribution in [-0.2, 0) is 46.7 Å². The maximum absolute atomic E-state index is 14.3. The lowest BCUT2D eigenvalue weighted by Crippen LogP contribution is -2.65. The van der Waals surface area contributed by atoms with Crippen molar-refractivity contribution in [3.63, 3.8) is 0 Å². The van der Waals surface area contributed by atoms with Crippen molar-refractivity contribution in [2.24, 2.45) is 22.7 Å².